The molecule has 0 atom stereocenters. The summed E-state index contributed by atoms with van der Waals surface area (Å²) < 4.78 is 19.2. The minimum absolute atomic E-state index is 0.146. The van der Waals surface area contributed by atoms with Crippen molar-refractivity contribution in [1.82, 2.24) is 20.1 Å². The summed E-state index contributed by atoms with van der Waals surface area (Å²) in [5.41, 5.74) is 3.57. The van der Waals surface area contributed by atoms with E-state index in [1.54, 1.807) is 12.3 Å². The van der Waals surface area contributed by atoms with E-state index in [-0.39, 0.29) is 11.7 Å². The largest absolute Gasteiger partial charge is 0.441 e. The maximum atomic E-state index is 13.4. The average molecular weight is 475 g/mol. The van der Waals surface area contributed by atoms with Gasteiger partial charge in [0.1, 0.15) is 5.82 Å². The zero-order valence-corrected chi connectivity index (χ0v) is 20.0. The zero-order chi connectivity index (χ0) is 24.5. The Hall–Kier alpha value is -3.74. The van der Waals surface area contributed by atoms with Crippen LogP contribution in [0.25, 0.3) is 22.6 Å². The van der Waals surface area contributed by atoms with Crippen molar-refractivity contribution in [2.75, 3.05) is 13.6 Å². The number of nitrogens with zero attached hydrogens (tertiary/aromatic N) is 3. The molecule has 1 amide bonds. The number of hydrogen-bond acceptors (Lipinski definition) is 4. The van der Waals surface area contributed by atoms with Crippen LogP contribution in [0.1, 0.15) is 43.7 Å². The molecule has 2 heterocycles. The highest BCUT2D eigenvalue weighted by Crippen LogP contribution is 2.21. The van der Waals surface area contributed by atoms with E-state index in [0.29, 0.717) is 25.2 Å². The van der Waals surface area contributed by atoms with E-state index in [1.165, 1.54) is 12.1 Å². The van der Waals surface area contributed by atoms with E-state index in [2.05, 4.69) is 15.2 Å². The van der Waals surface area contributed by atoms with Crippen LogP contribution in [0, 0.1) is 5.82 Å². The summed E-state index contributed by atoms with van der Waals surface area (Å²) in [6.07, 6.45) is 7.43. The van der Waals surface area contributed by atoms with Gasteiger partial charge in [0.2, 0.25) is 5.91 Å². The van der Waals surface area contributed by atoms with Crippen LogP contribution in [-0.4, -0.2) is 39.6 Å². The molecular weight excluding hydrogens is 443 g/mol. The Morgan fingerprint density at radius 2 is 1.80 bits per heavy atom. The van der Waals surface area contributed by atoms with Gasteiger partial charge in [0, 0.05) is 43.3 Å². The number of oxazole rings is 1. The van der Waals surface area contributed by atoms with Crippen molar-refractivity contribution in [3.63, 3.8) is 0 Å². The lowest BCUT2D eigenvalue weighted by atomic mass is 10.1. The number of aryl methyl sites for hydroxylation is 2. The average Bonchev–Trinajstić information content (AvgIpc) is 3.54. The number of amides is 1. The zero-order valence-electron chi connectivity index (χ0n) is 20.0. The molecule has 2 aromatic carbocycles. The third-order valence-corrected chi connectivity index (χ3v) is 6.01. The van der Waals surface area contributed by atoms with Gasteiger partial charge in [-0.05, 0) is 43.9 Å². The Morgan fingerprint density at radius 1 is 0.971 bits per heavy atom. The van der Waals surface area contributed by atoms with Crippen LogP contribution in [0.3, 0.4) is 0 Å². The second-order valence-electron chi connectivity index (χ2n) is 8.75. The van der Waals surface area contributed by atoms with Gasteiger partial charge in [-0.3, -0.25) is 9.89 Å². The fourth-order valence-corrected chi connectivity index (χ4v) is 3.99. The van der Waals surface area contributed by atoms with Gasteiger partial charge in [0.25, 0.3) is 0 Å². The molecule has 0 bridgehead atoms. The predicted octanol–water partition coefficient (Wildman–Crippen LogP) is 6.06. The quantitative estimate of drug-likeness (QED) is 0.253. The number of unbranched alkanes of at least 4 members (excludes halogenated alkanes) is 2. The van der Waals surface area contributed by atoms with Crippen LogP contribution in [0.4, 0.5) is 4.39 Å². The third kappa shape index (κ3) is 7.12. The molecule has 35 heavy (non-hydrogen) atoms. The lowest BCUT2D eigenvalue weighted by Crippen LogP contribution is -2.27. The fourth-order valence-electron chi connectivity index (χ4n) is 3.99. The van der Waals surface area contributed by atoms with Crippen LogP contribution in [0.15, 0.2) is 71.3 Å². The van der Waals surface area contributed by atoms with Gasteiger partial charge in [-0.2, -0.15) is 5.10 Å². The van der Waals surface area contributed by atoms with Gasteiger partial charge in [0.15, 0.2) is 11.7 Å². The van der Waals surface area contributed by atoms with E-state index in [4.69, 9.17) is 4.42 Å². The van der Waals surface area contributed by atoms with Crippen molar-refractivity contribution in [3.8, 4) is 22.6 Å². The van der Waals surface area contributed by atoms with Gasteiger partial charge < -0.3 is 9.32 Å². The Morgan fingerprint density at radius 3 is 2.63 bits per heavy atom. The topological polar surface area (TPSA) is 75.0 Å². The normalized spacial score (nSPS) is 11.0. The lowest BCUT2D eigenvalue weighted by Gasteiger charge is -2.16. The number of carbonyl (C=O) groups excluding carboxylic acids is 1. The maximum Gasteiger partial charge on any atom is 0.222 e. The minimum Gasteiger partial charge on any atom is -0.441 e. The number of halogens is 1. The van der Waals surface area contributed by atoms with Crippen LogP contribution >= 0.6 is 0 Å². The molecule has 7 heteroatoms. The number of benzene rings is 2. The summed E-state index contributed by atoms with van der Waals surface area (Å²) in [5.74, 6) is 1.30. The smallest absolute Gasteiger partial charge is 0.222 e. The first-order chi connectivity index (χ1) is 17.1. The maximum absolute atomic E-state index is 13.4. The molecule has 0 unspecified atom stereocenters. The number of carbonyl (C=O) groups is 1. The highest BCUT2D eigenvalue weighted by Gasteiger charge is 2.11. The van der Waals surface area contributed by atoms with Gasteiger partial charge in [-0.15, -0.1) is 0 Å². The van der Waals surface area contributed by atoms with Crippen molar-refractivity contribution < 1.29 is 13.6 Å². The lowest BCUT2D eigenvalue weighted by molar-refractivity contribution is -0.130. The summed E-state index contributed by atoms with van der Waals surface area (Å²) in [5, 5.41) is 7.33. The molecule has 4 aromatic rings. The van der Waals surface area contributed by atoms with Gasteiger partial charge in [-0.25, -0.2) is 9.37 Å². The number of nitrogens with one attached hydrogen (secondary N) is 1. The number of aromatic amines is 1. The Bertz CT molecular complexity index is 1220. The van der Waals surface area contributed by atoms with Crippen molar-refractivity contribution in [2.24, 2.45) is 0 Å². The molecule has 2 aromatic heterocycles. The van der Waals surface area contributed by atoms with Crippen molar-refractivity contribution >= 4 is 5.91 Å². The SMILES string of the molecule is CN(CCCCCc1cc(-c2cccc(F)c2)n[nH]1)C(=O)CCCc1ncc(-c2ccccc2)o1. The second kappa shape index (κ2) is 12.1. The molecule has 4 rings (SSSR count). The third-order valence-electron chi connectivity index (χ3n) is 6.01. The molecule has 182 valence electrons. The molecule has 1 N–H and O–H groups in total. The summed E-state index contributed by atoms with van der Waals surface area (Å²) in [6.45, 7) is 0.744. The molecule has 0 saturated carbocycles. The first kappa shape index (κ1) is 24.4. The Labute approximate surface area is 205 Å². The monoisotopic (exact) mass is 474 g/mol. The number of aromatic nitrogens is 3. The molecular formula is C28H31FN4O2. The minimum atomic E-state index is -0.263. The molecule has 6 nitrogen and oxygen atoms in total. The van der Waals surface area contributed by atoms with Gasteiger partial charge in [0.05, 0.1) is 11.9 Å². The van der Waals surface area contributed by atoms with Crippen LogP contribution in [0.2, 0.25) is 0 Å². The highest BCUT2D eigenvalue weighted by atomic mass is 19.1. The van der Waals surface area contributed by atoms with E-state index in [1.807, 2.05) is 54.4 Å². The standard InChI is InChI=1S/C28H31FN4O2/c1-33(28(34)16-9-15-27-30-20-26(35-27)21-10-4-2-5-11-21)17-7-3-6-14-24-19-25(32-31-24)22-12-8-13-23(29)18-22/h2,4-5,8,10-13,18-20H,3,6-7,9,14-17H2,1H3,(H,31,32). The van der Waals surface area contributed by atoms with E-state index >= 15 is 0 Å². The summed E-state index contributed by atoms with van der Waals surface area (Å²) in [4.78, 5) is 18.6. The molecule has 0 radical (unpaired) electrons. The number of rotatable bonds is 12. The molecule has 0 aliphatic rings. The van der Waals surface area contributed by atoms with Crippen molar-refractivity contribution in [3.05, 3.63) is 84.3 Å². The van der Waals surface area contributed by atoms with Crippen molar-refractivity contribution in [1.29, 1.82) is 0 Å². The summed E-state index contributed by atoms with van der Waals surface area (Å²) in [7, 11) is 1.86. The second-order valence-corrected chi connectivity index (χ2v) is 8.75. The summed E-state index contributed by atoms with van der Waals surface area (Å²) in [6, 6.07) is 18.3. The molecule has 0 spiro atoms. The Kier molecular flexibility index (Phi) is 8.44. The molecule has 0 fully saturated rings. The number of H-pyrrole nitrogens is 1. The molecule has 0 saturated heterocycles. The summed E-state index contributed by atoms with van der Waals surface area (Å²) >= 11 is 0. The van der Waals surface area contributed by atoms with Gasteiger partial charge in [-0.1, -0.05) is 48.9 Å². The van der Waals surface area contributed by atoms with Crippen molar-refractivity contribution in [2.45, 2.75) is 44.9 Å². The van der Waals surface area contributed by atoms with Crippen LogP contribution in [0.5, 0.6) is 0 Å². The highest BCUT2D eigenvalue weighted by molar-refractivity contribution is 5.75. The van der Waals surface area contributed by atoms with Crippen LogP contribution < -0.4 is 0 Å². The van der Waals surface area contributed by atoms with Crippen LogP contribution in [-0.2, 0) is 17.6 Å². The predicted molar refractivity (Wildman–Crippen MR) is 134 cm³/mol. The first-order valence-corrected chi connectivity index (χ1v) is 12.1. The first-order valence-electron chi connectivity index (χ1n) is 12.1. The number of hydrogen-bond donors (Lipinski definition) is 1. The molecule has 0 aliphatic carbocycles. The molecule has 0 aliphatic heterocycles. The Balaban J connectivity index is 1.10. The van der Waals surface area contributed by atoms with E-state index in [9.17, 15) is 9.18 Å². The fraction of sp³-hybridized carbons (Fsp3) is 0.321. The van der Waals surface area contributed by atoms with E-state index in [0.717, 1.165) is 60.5 Å². The van der Waals surface area contributed by atoms with E-state index < -0.39 is 0 Å². The van der Waals surface area contributed by atoms with Gasteiger partial charge >= 0.3 is 0 Å².